The number of nitrogens with two attached hydrogens (primary N) is 1. The van der Waals surface area contributed by atoms with Crippen molar-refractivity contribution in [3.63, 3.8) is 0 Å². The van der Waals surface area contributed by atoms with Crippen LogP contribution in [0.4, 0.5) is 5.95 Å². The lowest BCUT2D eigenvalue weighted by Gasteiger charge is -2.10. The summed E-state index contributed by atoms with van der Waals surface area (Å²) >= 11 is 0. The molecular weight excluding hydrogens is 178 g/mol. The third kappa shape index (κ3) is 2.45. The van der Waals surface area contributed by atoms with Crippen LogP contribution in [0.2, 0.25) is 0 Å². The van der Waals surface area contributed by atoms with Gasteiger partial charge in [-0.15, -0.1) is 10.2 Å². The van der Waals surface area contributed by atoms with E-state index in [1.807, 2.05) is 0 Å². The van der Waals surface area contributed by atoms with Crippen LogP contribution in [0.3, 0.4) is 0 Å². The first kappa shape index (κ1) is 11.0. The molecule has 0 aliphatic heterocycles. The summed E-state index contributed by atoms with van der Waals surface area (Å²) in [4.78, 5) is 0. The second kappa shape index (κ2) is 4.95. The van der Waals surface area contributed by atoms with Crippen LogP contribution < -0.4 is 11.1 Å². The second-order valence-electron chi connectivity index (χ2n) is 3.52. The number of anilines is 1. The largest absolute Gasteiger partial charge is 0.352 e. The van der Waals surface area contributed by atoms with Gasteiger partial charge in [-0.25, -0.2) is 0 Å². The molecule has 0 bridgehead atoms. The molecule has 5 nitrogen and oxygen atoms in total. The summed E-state index contributed by atoms with van der Waals surface area (Å²) < 4.78 is 2.06. The Morgan fingerprint density at radius 1 is 1.43 bits per heavy atom. The molecule has 0 radical (unpaired) electrons. The van der Waals surface area contributed by atoms with Gasteiger partial charge in [0.2, 0.25) is 5.95 Å². The van der Waals surface area contributed by atoms with Gasteiger partial charge in [-0.05, 0) is 27.3 Å². The topological polar surface area (TPSA) is 68.8 Å². The van der Waals surface area contributed by atoms with E-state index in [4.69, 9.17) is 5.73 Å². The van der Waals surface area contributed by atoms with E-state index in [-0.39, 0.29) is 0 Å². The Labute approximate surface area is 84.7 Å². The maximum absolute atomic E-state index is 5.49. The Morgan fingerprint density at radius 2 is 2.14 bits per heavy atom. The molecule has 80 valence electrons. The highest BCUT2D eigenvalue weighted by molar-refractivity contribution is 5.26. The van der Waals surface area contributed by atoms with E-state index in [2.05, 4.69) is 40.9 Å². The van der Waals surface area contributed by atoms with E-state index in [1.54, 1.807) is 0 Å². The number of rotatable bonds is 5. The lowest BCUT2D eigenvalue weighted by molar-refractivity contribution is 0.690. The van der Waals surface area contributed by atoms with Crippen molar-refractivity contribution >= 4 is 5.95 Å². The van der Waals surface area contributed by atoms with Crippen molar-refractivity contribution in [1.29, 1.82) is 0 Å². The van der Waals surface area contributed by atoms with Crippen LogP contribution in [0, 0.1) is 0 Å². The van der Waals surface area contributed by atoms with Gasteiger partial charge in [0.1, 0.15) is 5.82 Å². The maximum atomic E-state index is 5.49. The summed E-state index contributed by atoms with van der Waals surface area (Å²) in [6.07, 6.45) is 0.778. The molecule has 0 aliphatic rings. The highest BCUT2D eigenvalue weighted by Crippen LogP contribution is 2.08. The third-order valence-electron chi connectivity index (χ3n) is 1.93. The summed E-state index contributed by atoms with van der Waals surface area (Å²) in [5, 5.41) is 11.4. The predicted molar refractivity (Wildman–Crippen MR) is 57.2 cm³/mol. The lowest BCUT2D eigenvalue weighted by Crippen LogP contribution is -2.16. The first-order chi connectivity index (χ1) is 6.69. The van der Waals surface area contributed by atoms with E-state index in [0.717, 1.165) is 24.7 Å². The molecule has 0 aromatic carbocycles. The number of hydrogen-bond acceptors (Lipinski definition) is 4. The second-order valence-corrected chi connectivity index (χ2v) is 3.52. The van der Waals surface area contributed by atoms with Crippen LogP contribution in [-0.2, 0) is 13.0 Å². The van der Waals surface area contributed by atoms with Crippen molar-refractivity contribution in [3.05, 3.63) is 5.82 Å². The van der Waals surface area contributed by atoms with Gasteiger partial charge in [0.25, 0.3) is 0 Å². The molecule has 14 heavy (non-hydrogen) atoms. The fourth-order valence-electron chi connectivity index (χ4n) is 1.35. The van der Waals surface area contributed by atoms with Crippen LogP contribution in [0.1, 0.15) is 26.6 Å². The molecule has 0 amide bonds. The zero-order valence-electron chi connectivity index (χ0n) is 9.12. The fraction of sp³-hybridized carbons (Fsp3) is 0.778. The Hall–Kier alpha value is -1.10. The number of aromatic nitrogens is 3. The van der Waals surface area contributed by atoms with Crippen molar-refractivity contribution in [2.75, 3.05) is 11.9 Å². The molecular formula is C9H19N5. The van der Waals surface area contributed by atoms with Crippen LogP contribution in [-0.4, -0.2) is 27.4 Å². The zero-order chi connectivity index (χ0) is 10.6. The molecule has 1 heterocycles. The van der Waals surface area contributed by atoms with Crippen molar-refractivity contribution in [2.24, 2.45) is 5.73 Å². The van der Waals surface area contributed by atoms with Gasteiger partial charge in [-0.2, -0.15) is 0 Å². The predicted octanol–water partition coefficient (Wildman–Crippen LogP) is 0.619. The van der Waals surface area contributed by atoms with Crippen LogP contribution >= 0.6 is 0 Å². The summed E-state index contributed by atoms with van der Waals surface area (Å²) in [6.45, 7) is 7.72. The first-order valence-corrected chi connectivity index (χ1v) is 5.07. The van der Waals surface area contributed by atoms with Gasteiger partial charge < -0.3 is 11.1 Å². The molecule has 0 saturated heterocycles. The SMILES string of the molecule is CCn1c(CCN)nnc1NC(C)C. The van der Waals surface area contributed by atoms with Gasteiger partial charge in [0, 0.05) is 19.0 Å². The summed E-state index contributed by atoms with van der Waals surface area (Å²) in [5.74, 6) is 1.80. The van der Waals surface area contributed by atoms with Gasteiger partial charge in [-0.1, -0.05) is 0 Å². The van der Waals surface area contributed by atoms with E-state index < -0.39 is 0 Å². The summed E-state index contributed by atoms with van der Waals surface area (Å²) in [5.41, 5.74) is 5.49. The van der Waals surface area contributed by atoms with Gasteiger partial charge in [0.05, 0.1) is 0 Å². The molecule has 1 rings (SSSR count). The molecule has 0 saturated carbocycles. The lowest BCUT2D eigenvalue weighted by atomic mass is 10.4. The Bertz CT molecular complexity index is 279. The van der Waals surface area contributed by atoms with Crippen molar-refractivity contribution in [3.8, 4) is 0 Å². The van der Waals surface area contributed by atoms with Crippen molar-refractivity contribution < 1.29 is 0 Å². The minimum Gasteiger partial charge on any atom is -0.352 e. The van der Waals surface area contributed by atoms with E-state index in [1.165, 1.54) is 0 Å². The zero-order valence-corrected chi connectivity index (χ0v) is 9.12. The standard InChI is InChI=1S/C9H19N5/c1-4-14-8(5-6-10)12-13-9(14)11-7(2)3/h7H,4-6,10H2,1-3H3,(H,11,13). The number of nitrogens with one attached hydrogen (secondary N) is 1. The van der Waals surface area contributed by atoms with Crippen LogP contribution in [0.5, 0.6) is 0 Å². The maximum Gasteiger partial charge on any atom is 0.224 e. The van der Waals surface area contributed by atoms with Crippen molar-refractivity contribution in [1.82, 2.24) is 14.8 Å². The van der Waals surface area contributed by atoms with Crippen molar-refractivity contribution in [2.45, 2.75) is 39.8 Å². The molecule has 0 spiro atoms. The average molecular weight is 197 g/mol. The van der Waals surface area contributed by atoms with E-state index >= 15 is 0 Å². The highest BCUT2D eigenvalue weighted by atomic mass is 15.4. The van der Waals surface area contributed by atoms with E-state index in [0.29, 0.717) is 12.6 Å². The first-order valence-electron chi connectivity index (χ1n) is 5.07. The quantitative estimate of drug-likeness (QED) is 0.726. The molecule has 5 heteroatoms. The molecule has 0 atom stereocenters. The minimum atomic E-state index is 0.371. The Kier molecular flexibility index (Phi) is 3.88. The van der Waals surface area contributed by atoms with Crippen LogP contribution in [0.25, 0.3) is 0 Å². The Balaban J connectivity index is 2.83. The smallest absolute Gasteiger partial charge is 0.224 e. The van der Waals surface area contributed by atoms with Gasteiger partial charge in [-0.3, -0.25) is 4.57 Å². The molecule has 3 N–H and O–H groups in total. The van der Waals surface area contributed by atoms with Gasteiger partial charge >= 0.3 is 0 Å². The molecule has 1 aromatic heterocycles. The average Bonchev–Trinajstić information content (AvgIpc) is 2.47. The van der Waals surface area contributed by atoms with Gasteiger partial charge in [0.15, 0.2) is 0 Å². The van der Waals surface area contributed by atoms with E-state index in [9.17, 15) is 0 Å². The summed E-state index contributed by atoms with van der Waals surface area (Å²) in [6, 6.07) is 0.371. The number of nitrogens with zero attached hydrogens (tertiary/aromatic N) is 3. The Morgan fingerprint density at radius 3 is 2.64 bits per heavy atom. The monoisotopic (exact) mass is 197 g/mol. The molecule has 0 fully saturated rings. The minimum absolute atomic E-state index is 0.371. The molecule has 0 unspecified atom stereocenters. The highest BCUT2D eigenvalue weighted by Gasteiger charge is 2.09. The number of hydrogen-bond donors (Lipinski definition) is 2. The molecule has 0 aliphatic carbocycles. The van der Waals surface area contributed by atoms with Crippen LogP contribution in [0.15, 0.2) is 0 Å². The molecule has 1 aromatic rings. The normalized spacial score (nSPS) is 10.9. The fourth-order valence-corrected chi connectivity index (χ4v) is 1.35. The summed E-state index contributed by atoms with van der Waals surface area (Å²) in [7, 11) is 0. The third-order valence-corrected chi connectivity index (χ3v) is 1.93.